The minimum atomic E-state index is -3.10. The molecule has 12 heteroatoms. The van der Waals surface area contributed by atoms with Gasteiger partial charge in [-0.3, -0.25) is 0 Å². The van der Waals surface area contributed by atoms with Gasteiger partial charge in [-0.05, 0) is 67.9 Å². The van der Waals surface area contributed by atoms with Crippen LogP contribution in [0, 0.1) is 11.2 Å². The van der Waals surface area contributed by atoms with Crippen LogP contribution in [0.25, 0.3) is 11.4 Å². The van der Waals surface area contributed by atoms with Gasteiger partial charge >= 0.3 is 0 Å². The second-order valence-electron chi connectivity index (χ2n) is 7.93. The van der Waals surface area contributed by atoms with E-state index < -0.39 is 24.4 Å². The van der Waals surface area contributed by atoms with Gasteiger partial charge in [0.25, 0.3) is 5.92 Å². The Morgan fingerprint density at radius 2 is 2.00 bits per heavy atom. The van der Waals surface area contributed by atoms with Crippen molar-refractivity contribution in [2.45, 2.75) is 30.3 Å². The standard InChI is InChI=1S/C23H22ClF3N6OS/c1-12(28)19-20(29)31-21(32-22(19)34-18-8-9-30-11-23(18,26)27)13-2-5-15(6-3-13)33-35-17-10-14(24)4-7-16(17)25/h2-7,10,18,28,30,33H,8-9,11H2,1H3,(H2,29,31,32). The van der Waals surface area contributed by atoms with Crippen molar-refractivity contribution in [1.29, 1.82) is 5.41 Å². The number of nitrogens with one attached hydrogen (secondary N) is 3. The van der Waals surface area contributed by atoms with Gasteiger partial charge in [0.05, 0.1) is 17.0 Å². The molecule has 7 nitrogen and oxygen atoms in total. The predicted molar refractivity (Wildman–Crippen MR) is 132 cm³/mol. The summed E-state index contributed by atoms with van der Waals surface area (Å²) in [7, 11) is 0. The van der Waals surface area contributed by atoms with E-state index in [1.165, 1.54) is 25.1 Å². The number of nitrogens with two attached hydrogens (primary N) is 1. The van der Waals surface area contributed by atoms with E-state index in [0.717, 1.165) is 11.9 Å². The van der Waals surface area contributed by atoms with Crippen molar-refractivity contribution in [2.75, 3.05) is 23.5 Å². The van der Waals surface area contributed by atoms with Gasteiger partial charge < -0.3 is 25.9 Å². The molecule has 35 heavy (non-hydrogen) atoms. The zero-order chi connectivity index (χ0) is 25.2. The Labute approximate surface area is 209 Å². The summed E-state index contributed by atoms with van der Waals surface area (Å²) < 4.78 is 51.2. The molecule has 0 saturated carbocycles. The first-order chi connectivity index (χ1) is 16.6. The Morgan fingerprint density at radius 3 is 2.69 bits per heavy atom. The lowest BCUT2D eigenvalue weighted by atomic mass is 10.1. The molecule has 1 aliphatic rings. The highest BCUT2D eigenvalue weighted by Gasteiger charge is 2.44. The van der Waals surface area contributed by atoms with Crippen molar-refractivity contribution in [2.24, 2.45) is 0 Å². The van der Waals surface area contributed by atoms with Crippen LogP contribution in [0.15, 0.2) is 47.4 Å². The minimum absolute atomic E-state index is 0.00567. The Bertz CT molecular complexity index is 1240. The van der Waals surface area contributed by atoms with Gasteiger partial charge in [0.2, 0.25) is 5.88 Å². The van der Waals surface area contributed by atoms with Crippen LogP contribution in [0.2, 0.25) is 5.02 Å². The number of nitrogen functional groups attached to an aromatic ring is 1. The fourth-order valence-corrected chi connectivity index (χ4v) is 4.43. The van der Waals surface area contributed by atoms with Crippen molar-refractivity contribution in [1.82, 2.24) is 15.3 Å². The molecule has 1 aliphatic heterocycles. The number of alkyl halides is 2. The van der Waals surface area contributed by atoms with E-state index in [0.29, 0.717) is 27.7 Å². The van der Waals surface area contributed by atoms with E-state index >= 15 is 0 Å². The van der Waals surface area contributed by atoms with Crippen LogP contribution in [-0.2, 0) is 0 Å². The monoisotopic (exact) mass is 522 g/mol. The number of halogens is 4. The molecular formula is C23H22ClF3N6OS. The number of benzene rings is 2. The Kier molecular flexibility index (Phi) is 7.39. The lowest BCUT2D eigenvalue weighted by Crippen LogP contribution is -2.52. The molecule has 0 spiro atoms. The SMILES string of the molecule is CC(=N)c1c(N)nc(-c2ccc(NSc3cc(Cl)ccc3F)cc2)nc1OC1CCNCC1(F)F. The normalized spacial score (nSPS) is 17.1. The number of nitrogens with zero attached hydrogens (tertiary/aromatic N) is 2. The van der Waals surface area contributed by atoms with E-state index in [4.69, 9.17) is 27.5 Å². The maximum Gasteiger partial charge on any atom is 0.296 e. The summed E-state index contributed by atoms with van der Waals surface area (Å²) in [4.78, 5) is 8.93. The van der Waals surface area contributed by atoms with Gasteiger partial charge in [-0.25, -0.2) is 18.2 Å². The van der Waals surface area contributed by atoms with Crippen LogP contribution < -0.4 is 20.5 Å². The van der Waals surface area contributed by atoms with Crippen LogP contribution >= 0.6 is 23.5 Å². The first-order valence-corrected chi connectivity index (χ1v) is 11.8. The van der Waals surface area contributed by atoms with Gasteiger partial charge in [0, 0.05) is 28.4 Å². The second kappa shape index (κ2) is 10.3. The molecule has 1 fully saturated rings. The van der Waals surface area contributed by atoms with Crippen LogP contribution in [0.3, 0.4) is 0 Å². The van der Waals surface area contributed by atoms with E-state index in [-0.39, 0.29) is 35.2 Å². The molecule has 2 aromatic carbocycles. The molecule has 1 saturated heterocycles. The highest BCUT2D eigenvalue weighted by atomic mass is 35.5. The average molecular weight is 523 g/mol. The quantitative estimate of drug-likeness (QED) is 0.243. The minimum Gasteiger partial charge on any atom is -0.467 e. The summed E-state index contributed by atoms with van der Waals surface area (Å²) in [5.74, 6) is -3.52. The van der Waals surface area contributed by atoms with Crippen LogP contribution in [0.5, 0.6) is 5.88 Å². The molecule has 1 unspecified atom stereocenters. The fourth-order valence-electron chi connectivity index (χ4n) is 3.47. The maximum atomic E-state index is 14.3. The lowest BCUT2D eigenvalue weighted by Gasteiger charge is -2.32. The Morgan fingerprint density at radius 1 is 1.26 bits per heavy atom. The summed E-state index contributed by atoms with van der Waals surface area (Å²) in [6.07, 6.45) is -1.33. The van der Waals surface area contributed by atoms with Gasteiger partial charge in [-0.1, -0.05) is 11.6 Å². The molecule has 184 valence electrons. The first-order valence-electron chi connectivity index (χ1n) is 10.6. The summed E-state index contributed by atoms with van der Waals surface area (Å²) in [5, 5.41) is 11.1. The van der Waals surface area contributed by atoms with Gasteiger partial charge in [0.15, 0.2) is 11.9 Å². The predicted octanol–water partition coefficient (Wildman–Crippen LogP) is 5.40. The van der Waals surface area contributed by atoms with Gasteiger partial charge in [-0.15, -0.1) is 0 Å². The Balaban J connectivity index is 1.57. The number of piperidine rings is 1. The first kappa shape index (κ1) is 25.1. The van der Waals surface area contributed by atoms with Crippen molar-refractivity contribution >= 4 is 40.8 Å². The molecule has 0 amide bonds. The third kappa shape index (κ3) is 5.80. The summed E-state index contributed by atoms with van der Waals surface area (Å²) >= 11 is 6.99. The smallest absolute Gasteiger partial charge is 0.296 e. The number of aromatic nitrogens is 2. The molecule has 1 aromatic heterocycles. The molecule has 4 rings (SSSR count). The molecular weight excluding hydrogens is 501 g/mol. The summed E-state index contributed by atoms with van der Waals surface area (Å²) in [6, 6.07) is 11.1. The fraction of sp³-hybridized carbons (Fsp3) is 0.261. The van der Waals surface area contributed by atoms with Gasteiger partial charge in [0.1, 0.15) is 11.6 Å². The molecule has 0 bridgehead atoms. The molecule has 0 radical (unpaired) electrons. The topological polar surface area (TPSA) is 109 Å². The molecule has 1 atom stereocenters. The zero-order valence-corrected chi connectivity index (χ0v) is 20.1. The molecule has 0 aliphatic carbocycles. The number of hydrogen-bond acceptors (Lipinski definition) is 8. The van der Waals surface area contributed by atoms with E-state index in [9.17, 15) is 13.2 Å². The van der Waals surface area contributed by atoms with E-state index in [1.807, 2.05) is 0 Å². The van der Waals surface area contributed by atoms with Crippen LogP contribution in [-0.4, -0.2) is 40.8 Å². The number of anilines is 2. The average Bonchev–Trinajstić information content (AvgIpc) is 2.80. The van der Waals surface area contributed by atoms with Crippen LogP contribution in [0.1, 0.15) is 18.9 Å². The van der Waals surface area contributed by atoms with Crippen LogP contribution in [0.4, 0.5) is 24.7 Å². The summed E-state index contributed by atoms with van der Waals surface area (Å²) in [6.45, 7) is 1.33. The largest absolute Gasteiger partial charge is 0.467 e. The number of ether oxygens (including phenoxy) is 1. The zero-order valence-electron chi connectivity index (χ0n) is 18.5. The van der Waals surface area contributed by atoms with Crippen molar-refractivity contribution < 1.29 is 17.9 Å². The van der Waals surface area contributed by atoms with Gasteiger partial charge in [-0.2, -0.15) is 4.98 Å². The summed E-state index contributed by atoms with van der Waals surface area (Å²) in [5.41, 5.74) is 7.38. The van der Waals surface area contributed by atoms with E-state index in [1.54, 1.807) is 24.3 Å². The molecule has 2 heterocycles. The third-order valence-electron chi connectivity index (χ3n) is 5.26. The van der Waals surface area contributed by atoms with Crippen molar-refractivity contribution in [3.63, 3.8) is 0 Å². The number of hydrogen-bond donors (Lipinski definition) is 4. The highest BCUT2D eigenvalue weighted by Crippen LogP contribution is 2.33. The van der Waals surface area contributed by atoms with Crippen molar-refractivity contribution in [3.8, 4) is 17.3 Å². The molecule has 5 N–H and O–H groups in total. The maximum absolute atomic E-state index is 14.3. The van der Waals surface area contributed by atoms with E-state index in [2.05, 4.69) is 20.0 Å². The molecule has 3 aromatic rings. The Hall–Kier alpha value is -3.02. The third-order valence-corrected chi connectivity index (χ3v) is 6.37. The second-order valence-corrected chi connectivity index (χ2v) is 9.21. The highest BCUT2D eigenvalue weighted by molar-refractivity contribution is 8.00. The lowest BCUT2D eigenvalue weighted by molar-refractivity contribution is -0.110. The van der Waals surface area contributed by atoms with Crippen molar-refractivity contribution in [3.05, 3.63) is 58.9 Å². The number of rotatable bonds is 7.